The van der Waals surface area contributed by atoms with Crippen molar-refractivity contribution < 1.29 is 4.74 Å². The Morgan fingerprint density at radius 1 is 1.27 bits per heavy atom. The quantitative estimate of drug-likeness (QED) is 0.799. The number of hydrogen-bond donors (Lipinski definition) is 1. The monoisotopic (exact) mass is 205 g/mol. The van der Waals surface area contributed by atoms with Crippen molar-refractivity contribution in [2.75, 3.05) is 13.1 Å². The molecule has 1 aromatic carbocycles. The maximum Gasteiger partial charge on any atom is 0.0769 e. The summed E-state index contributed by atoms with van der Waals surface area (Å²) in [5, 5.41) is 3.41. The SMILES string of the molecule is CC1CNCC(C(C)c2ccccc2)O1. The molecule has 1 aliphatic heterocycles. The van der Waals surface area contributed by atoms with Gasteiger partial charge in [0.05, 0.1) is 12.2 Å². The van der Waals surface area contributed by atoms with Crippen molar-refractivity contribution in [3.63, 3.8) is 0 Å². The smallest absolute Gasteiger partial charge is 0.0769 e. The van der Waals surface area contributed by atoms with Gasteiger partial charge in [0.2, 0.25) is 0 Å². The molecule has 3 unspecified atom stereocenters. The zero-order valence-electron chi connectivity index (χ0n) is 9.44. The third-order valence-electron chi connectivity index (χ3n) is 3.07. The molecule has 2 nitrogen and oxygen atoms in total. The van der Waals surface area contributed by atoms with Crippen molar-refractivity contribution >= 4 is 0 Å². The number of rotatable bonds is 2. The Kier molecular flexibility index (Phi) is 3.39. The molecule has 15 heavy (non-hydrogen) atoms. The summed E-state index contributed by atoms with van der Waals surface area (Å²) in [6.07, 6.45) is 0.631. The first-order valence-corrected chi connectivity index (χ1v) is 5.68. The fourth-order valence-corrected chi connectivity index (χ4v) is 2.09. The molecular weight excluding hydrogens is 186 g/mol. The highest BCUT2D eigenvalue weighted by molar-refractivity contribution is 5.20. The second kappa shape index (κ2) is 4.77. The van der Waals surface area contributed by atoms with Gasteiger partial charge in [0.15, 0.2) is 0 Å². The lowest BCUT2D eigenvalue weighted by molar-refractivity contribution is -0.0379. The minimum Gasteiger partial charge on any atom is -0.372 e. The molecule has 82 valence electrons. The van der Waals surface area contributed by atoms with Gasteiger partial charge in [0, 0.05) is 19.0 Å². The Morgan fingerprint density at radius 2 is 2.00 bits per heavy atom. The molecule has 0 amide bonds. The fraction of sp³-hybridized carbons (Fsp3) is 0.538. The highest BCUT2D eigenvalue weighted by Crippen LogP contribution is 2.23. The Balaban J connectivity index is 2.04. The van der Waals surface area contributed by atoms with Gasteiger partial charge in [-0.25, -0.2) is 0 Å². The van der Waals surface area contributed by atoms with Gasteiger partial charge in [-0.1, -0.05) is 37.3 Å². The third kappa shape index (κ3) is 2.58. The summed E-state index contributed by atoms with van der Waals surface area (Å²) < 4.78 is 5.94. The zero-order valence-corrected chi connectivity index (χ0v) is 9.44. The van der Waals surface area contributed by atoms with E-state index in [-0.39, 0.29) is 0 Å². The van der Waals surface area contributed by atoms with Gasteiger partial charge in [-0.2, -0.15) is 0 Å². The van der Waals surface area contributed by atoms with Crippen LogP contribution in [0.25, 0.3) is 0 Å². The van der Waals surface area contributed by atoms with E-state index in [0.29, 0.717) is 18.1 Å². The lowest BCUT2D eigenvalue weighted by Gasteiger charge is -2.33. The second-order valence-corrected chi connectivity index (χ2v) is 4.34. The first-order chi connectivity index (χ1) is 7.27. The van der Waals surface area contributed by atoms with E-state index < -0.39 is 0 Å². The predicted octanol–water partition coefficient (Wildman–Crippen LogP) is 2.17. The van der Waals surface area contributed by atoms with Crippen LogP contribution in [0.4, 0.5) is 0 Å². The lowest BCUT2D eigenvalue weighted by atomic mass is 9.94. The molecule has 0 aromatic heterocycles. The van der Waals surface area contributed by atoms with E-state index in [0.717, 1.165) is 13.1 Å². The summed E-state index contributed by atoms with van der Waals surface area (Å²) in [5.41, 5.74) is 1.36. The third-order valence-corrected chi connectivity index (χ3v) is 3.07. The minimum absolute atomic E-state index is 0.302. The Morgan fingerprint density at radius 3 is 2.67 bits per heavy atom. The largest absolute Gasteiger partial charge is 0.372 e. The second-order valence-electron chi connectivity index (χ2n) is 4.34. The van der Waals surface area contributed by atoms with Gasteiger partial charge in [0.1, 0.15) is 0 Å². The van der Waals surface area contributed by atoms with Crippen molar-refractivity contribution in [2.24, 2.45) is 0 Å². The molecule has 2 rings (SSSR count). The van der Waals surface area contributed by atoms with Gasteiger partial charge < -0.3 is 10.1 Å². The number of morpholine rings is 1. The summed E-state index contributed by atoms with van der Waals surface area (Å²) in [5.74, 6) is 0.460. The van der Waals surface area contributed by atoms with Gasteiger partial charge in [0.25, 0.3) is 0 Å². The molecular formula is C13H19NO. The van der Waals surface area contributed by atoms with E-state index >= 15 is 0 Å². The van der Waals surface area contributed by atoms with E-state index in [1.165, 1.54) is 5.56 Å². The molecule has 1 saturated heterocycles. The molecule has 0 saturated carbocycles. The fourth-order valence-electron chi connectivity index (χ4n) is 2.09. The molecule has 2 heteroatoms. The summed E-state index contributed by atoms with van der Waals surface area (Å²) in [7, 11) is 0. The van der Waals surface area contributed by atoms with Crippen molar-refractivity contribution in [2.45, 2.75) is 32.0 Å². The van der Waals surface area contributed by atoms with Gasteiger partial charge in [-0.15, -0.1) is 0 Å². The van der Waals surface area contributed by atoms with Crippen LogP contribution in [0.2, 0.25) is 0 Å². The molecule has 0 radical (unpaired) electrons. The maximum absolute atomic E-state index is 5.94. The Bertz CT molecular complexity index is 299. The Hall–Kier alpha value is -0.860. The molecule has 1 aliphatic rings. The average molecular weight is 205 g/mol. The number of nitrogens with one attached hydrogen (secondary N) is 1. The summed E-state index contributed by atoms with van der Waals surface area (Å²) in [6, 6.07) is 10.6. The molecule has 1 aromatic rings. The van der Waals surface area contributed by atoms with Crippen LogP contribution in [0.15, 0.2) is 30.3 Å². The molecule has 3 atom stereocenters. The van der Waals surface area contributed by atoms with Crippen LogP contribution in [0.1, 0.15) is 25.3 Å². The molecule has 1 N–H and O–H groups in total. The number of ether oxygens (including phenoxy) is 1. The lowest BCUT2D eigenvalue weighted by Crippen LogP contribution is -2.45. The first-order valence-electron chi connectivity index (χ1n) is 5.68. The zero-order chi connectivity index (χ0) is 10.7. The van der Waals surface area contributed by atoms with Crippen molar-refractivity contribution in [1.29, 1.82) is 0 Å². The van der Waals surface area contributed by atoms with Crippen molar-refractivity contribution in [3.05, 3.63) is 35.9 Å². The van der Waals surface area contributed by atoms with Crippen LogP contribution in [0, 0.1) is 0 Å². The van der Waals surface area contributed by atoms with E-state index in [1.54, 1.807) is 0 Å². The number of benzene rings is 1. The molecule has 0 bridgehead atoms. The van der Waals surface area contributed by atoms with Gasteiger partial charge in [-0.05, 0) is 12.5 Å². The van der Waals surface area contributed by atoms with Crippen LogP contribution in [0.3, 0.4) is 0 Å². The van der Waals surface area contributed by atoms with Crippen LogP contribution >= 0.6 is 0 Å². The normalized spacial score (nSPS) is 28.7. The van der Waals surface area contributed by atoms with Crippen LogP contribution in [-0.4, -0.2) is 25.3 Å². The maximum atomic E-state index is 5.94. The van der Waals surface area contributed by atoms with Gasteiger partial charge >= 0.3 is 0 Å². The highest BCUT2D eigenvalue weighted by Gasteiger charge is 2.24. The molecule has 1 fully saturated rings. The molecule has 0 spiro atoms. The van der Waals surface area contributed by atoms with Crippen LogP contribution in [-0.2, 0) is 4.74 Å². The summed E-state index contributed by atoms with van der Waals surface area (Å²) >= 11 is 0. The summed E-state index contributed by atoms with van der Waals surface area (Å²) in [4.78, 5) is 0. The predicted molar refractivity (Wildman–Crippen MR) is 62.1 cm³/mol. The van der Waals surface area contributed by atoms with Gasteiger partial charge in [-0.3, -0.25) is 0 Å². The van der Waals surface area contributed by atoms with E-state index in [9.17, 15) is 0 Å². The van der Waals surface area contributed by atoms with Crippen LogP contribution in [0.5, 0.6) is 0 Å². The topological polar surface area (TPSA) is 21.3 Å². The highest BCUT2D eigenvalue weighted by atomic mass is 16.5. The standard InChI is InChI=1S/C13H19NO/c1-10-8-14-9-13(15-10)11(2)12-6-4-3-5-7-12/h3-7,10-11,13-14H,8-9H2,1-2H3. The molecule has 0 aliphatic carbocycles. The summed E-state index contributed by atoms with van der Waals surface area (Å²) in [6.45, 7) is 6.29. The van der Waals surface area contributed by atoms with Crippen molar-refractivity contribution in [1.82, 2.24) is 5.32 Å². The van der Waals surface area contributed by atoms with E-state index in [2.05, 4.69) is 49.5 Å². The van der Waals surface area contributed by atoms with Crippen LogP contribution < -0.4 is 5.32 Å². The van der Waals surface area contributed by atoms with Crippen molar-refractivity contribution in [3.8, 4) is 0 Å². The Labute approximate surface area is 91.6 Å². The average Bonchev–Trinajstić information content (AvgIpc) is 2.29. The van der Waals surface area contributed by atoms with E-state index in [1.807, 2.05) is 0 Å². The first kappa shape index (κ1) is 10.7. The molecule has 1 heterocycles. The number of hydrogen-bond acceptors (Lipinski definition) is 2. The minimum atomic E-state index is 0.302. The van der Waals surface area contributed by atoms with E-state index in [4.69, 9.17) is 4.74 Å².